The molecule has 1 atom stereocenters. The summed E-state index contributed by atoms with van der Waals surface area (Å²) in [5.41, 5.74) is 11.5. The lowest BCUT2D eigenvalue weighted by atomic mass is 9.77. The van der Waals surface area contributed by atoms with E-state index >= 15 is 0 Å². The lowest BCUT2D eigenvalue weighted by Crippen LogP contribution is -2.35. The Morgan fingerprint density at radius 3 is 2.26 bits per heavy atom. The third-order valence-electron chi connectivity index (χ3n) is 10.6. The summed E-state index contributed by atoms with van der Waals surface area (Å²) in [6, 6.07) is 34.7. The predicted molar refractivity (Wildman–Crippen MR) is 221 cm³/mol. The zero-order chi connectivity index (χ0) is 36.4. The zero-order valence-electron chi connectivity index (χ0n) is 30.0. The highest BCUT2D eigenvalue weighted by Gasteiger charge is 2.28. The molecule has 5 nitrogen and oxygen atoms in total. The zero-order valence-corrected chi connectivity index (χ0v) is 32.5. The van der Waals surface area contributed by atoms with E-state index in [4.69, 9.17) is 0 Å². The van der Waals surface area contributed by atoms with Crippen molar-refractivity contribution in [1.82, 2.24) is 0 Å². The molecule has 1 aliphatic heterocycles. The molecule has 0 spiro atoms. The number of rotatable bonds is 11. The second-order valence-electron chi connectivity index (χ2n) is 14.2. The molecule has 0 saturated carbocycles. The quantitative estimate of drug-likeness (QED) is 0.0763. The summed E-state index contributed by atoms with van der Waals surface area (Å²) in [6.45, 7) is 3.94. The van der Waals surface area contributed by atoms with Crippen LogP contribution in [0.3, 0.4) is 0 Å². The van der Waals surface area contributed by atoms with Gasteiger partial charge in [0.25, 0.3) is 5.01 Å². The fourth-order valence-electron chi connectivity index (χ4n) is 7.87. The minimum atomic E-state index is -4.19. The molecule has 8 rings (SSSR count). The number of anilines is 1. The first-order valence-electron chi connectivity index (χ1n) is 18.8. The molecule has 3 aliphatic rings. The summed E-state index contributed by atoms with van der Waals surface area (Å²) >= 11 is 3.70. The summed E-state index contributed by atoms with van der Waals surface area (Å²) in [5, 5.41) is 2.52. The summed E-state index contributed by atoms with van der Waals surface area (Å²) in [6.07, 6.45) is 16.1. The van der Waals surface area contributed by atoms with Crippen LogP contribution in [-0.4, -0.2) is 25.3 Å². The van der Waals surface area contributed by atoms with Gasteiger partial charge in [-0.3, -0.25) is 0 Å². The molecular formula is C45H44N2O3S3. The fourth-order valence-corrected chi connectivity index (χ4v) is 10.8. The van der Waals surface area contributed by atoms with Gasteiger partial charge in [-0.1, -0.05) is 108 Å². The minimum absolute atomic E-state index is 0.296. The number of fused-ring (bicyclic) bond motifs is 3. The maximum absolute atomic E-state index is 11.2. The van der Waals surface area contributed by atoms with Crippen LogP contribution in [0.25, 0.3) is 38.5 Å². The SMILES string of the molecule is CCN1/C(=C/C2=CC3=C/C(=C/c4sc5ccc(-c6ccccc6)cc5[n+]4CCCCCS(=O)(=O)[O-])CCC3CC2)Sc2ccc(-c3ccccc3)cc21. The molecule has 0 fully saturated rings. The number of aromatic nitrogens is 1. The summed E-state index contributed by atoms with van der Waals surface area (Å²) in [5.74, 6) is 0.300. The van der Waals surface area contributed by atoms with E-state index in [1.165, 1.54) is 76.2 Å². The second-order valence-corrected chi connectivity index (χ2v) is 17.8. The van der Waals surface area contributed by atoms with E-state index in [0.717, 1.165) is 38.8 Å². The first-order chi connectivity index (χ1) is 25.8. The number of hydrogen-bond acceptors (Lipinski definition) is 6. The standard InChI is InChI=1S/C45H44N2O3S3/c1-2-46-40-30-37(34-12-6-3-7-13-34)20-22-42(40)51-44(46)28-32-16-18-36-19-17-33(27-39(36)26-32)29-45-47(24-10-5-11-25-53(48,49)50)41-31-38(21-23-43(41)52-45)35-14-8-4-9-15-35/h3-4,6-9,12-15,20-23,26-31,36H,2,5,10-11,16-19,24-25H2,1H3. The monoisotopic (exact) mass is 756 g/mol. The van der Waals surface area contributed by atoms with Crippen molar-refractivity contribution in [1.29, 1.82) is 0 Å². The lowest BCUT2D eigenvalue weighted by Gasteiger charge is -2.28. The lowest BCUT2D eigenvalue weighted by molar-refractivity contribution is -0.669. The van der Waals surface area contributed by atoms with Crippen LogP contribution in [0.4, 0.5) is 5.69 Å². The molecule has 270 valence electrons. The number of benzene rings is 4. The van der Waals surface area contributed by atoms with E-state index in [1.807, 2.05) is 29.2 Å². The van der Waals surface area contributed by atoms with E-state index in [9.17, 15) is 13.0 Å². The predicted octanol–water partition coefficient (Wildman–Crippen LogP) is 11.2. The van der Waals surface area contributed by atoms with E-state index in [-0.39, 0.29) is 5.75 Å². The van der Waals surface area contributed by atoms with Gasteiger partial charge in [0, 0.05) is 35.8 Å². The Hall–Kier alpha value is -4.21. The van der Waals surface area contributed by atoms with Crippen LogP contribution in [0.15, 0.2) is 142 Å². The van der Waals surface area contributed by atoms with Crippen LogP contribution in [0.2, 0.25) is 0 Å². The van der Waals surface area contributed by atoms with Crippen molar-refractivity contribution < 1.29 is 17.5 Å². The average molecular weight is 757 g/mol. The van der Waals surface area contributed by atoms with Crippen LogP contribution in [0, 0.1) is 5.92 Å². The molecule has 2 aliphatic carbocycles. The Bertz CT molecular complexity index is 2370. The third kappa shape index (κ3) is 8.16. The summed E-state index contributed by atoms with van der Waals surface area (Å²) < 4.78 is 37.2. The maximum atomic E-state index is 11.2. The fraction of sp³-hybridized carbons (Fsp3) is 0.267. The van der Waals surface area contributed by atoms with Crippen molar-refractivity contribution in [3.05, 3.63) is 142 Å². The molecule has 8 heteroatoms. The average Bonchev–Trinajstić information content (AvgIpc) is 3.70. The van der Waals surface area contributed by atoms with Gasteiger partial charge in [-0.25, -0.2) is 8.42 Å². The molecular weight excluding hydrogens is 713 g/mol. The molecule has 1 aromatic heterocycles. The van der Waals surface area contributed by atoms with Crippen molar-refractivity contribution >= 4 is 55.2 Å². The first-order valence-corrected chi connectivity index (χ1v) is 22.0. The highest BCUT2D eigenvalue weighted by molar-refractivity contribution is 8.03. The van der Waals surface area contributed by atoms with E-state index < -0.39 is 10.1 Å². The smallest absolute Gasteiger partial charge is 0.263 e. The highest BCUT2D eigenvalue weighted by atomic mass is 32.2. The molecule has 0 N–H and O–H groups in total. The molecule has 0 bridgehead atoms. The van der Waals surface area contributed by atoms with Gasteiger partial charge in [-0.15, -0.1) is 0 Å². The van der Waals surface area contributed by atoms with Crippen molar-refractivity contribution in [2.24, 2.45) is 5.92 Å². The van der Waals surface area contributed by atoms with E-state index in [2.05, 4.69) is 132 Å². The topological polar surface area (TPSA) is 64.3 Å². The van der Waals surface area contributed by atoms with Crippen LogP contribution < -0.4 is 9.47 Å². The molecule has 53 heavy (non-hydrogen) atoms. The molecule has 0 amide bonds. The maximum Gasteiger partial charge on any atom is 0.263 e. The van der Waals surface area contributed by atoms with Gasteiger partial charge in [0.15, 0.2) is 6.54 Å². The number of allylic oxidation sites excluding steroid dienone is 6. The van der Waals surface area contributed by atoms with Crippen molar-refractivity contribution in [3.8, 4) is 22.3 Å². The van der Waals surface area contributed by atoms with Gasteiger partial charge in [0.1, 0.15) is 4.70 Å². The normalized spacial score (nSPS) is 18.7. The number of hydrogen-bond donors (Lipinski definition) is 0. The molecule has 5 aromatic rings. The van der Waals surface area contributed by atoms with Gasteiger partial charge in [0.2, 0.25) is 5.52 Å². The Morgan fingerprint density at radius 2 is 1.53 bits per heavy atom. The van der Waals surface area contributed by atoms with Crippen molar-refractivity contribution in [2.45, 2.75) is 63.3 Å². The van der Waals surface area contributed by atoms with Gasteiger partial charge in [-0.2, -0.15) is 4.57 Å². The van der Waals surface area contributed by atoms with E-state index in [1.54, 1.807) is 0 Å². The van der Waals surface area contributed by atoms with Gasteiger partial charge in [0.05, 0.1) is 20.8 Å². The third-order valence-corrected chi connectivity index (χ3v) is 13.6. The summed E-state index contributed by atoms with van der Waals surface area (Å²) in [4.78, 5) is 3.78. The molecule has 0 saturated heterocycles. The number of nitrogens with zero attached hydrogens (tertiary/aromatic N) is 2. The number of unbranched alkanes of at least 4 members (excludes halogenated alkanes) is 2. The Balaban J connectivity index is 1.07. The van der Waals surface area contributed by atoms with Crippen molar-refractivity contribution in [2.75, 3.05) is 17.2 Å². The van der Waals surface area contributed by atoms with Crippen LogP contribution >= 0.6 is 23.1 Å². The Morgan fingerprint density at radius 1 is 0.811 bits per heavy atom. The van der Waals surface area contributed by atoms with Gasteiger partial charge >= 0.3 is 0 Å². The van der Waals surface area contributed by atoms with Crippen LogP contribution in [0.1, 0.15) is 56.9 Å². The minimum Gasteiger partial charge on any atom is -0.748 e. The highest BCUT2D eigenvalue weighted by Crippen LogP contribution is 2.48. The Kier molecular flexibility index (Phi) is 10.6. The molecule has 2 heterocycles. The van der Waals surface area contributed by atoms with Crippen molar-refractivity contribution in [3.63, 3.8) is 0 Å². The summed E-state index contributed by atoms with van der Waals surface area (Å²) in [7, 11) is -4.19. The van der Waals surface area contributed by atoms with Crippen LogP contribution in [-0.2, 0) is 16.7 Å². The number of aryl methyl sites for hydroxylation is 1. The molecule has 1 unspecified atom stereocenters. The van der Waals surface area contributed by atoms with Crippen LogP contribution in [0.5, 0.6) is 0 Å². The largest absolute Gasteiger partial charge is 0.748 e. The number of thiazole rings is 1. The first kappa shape index (κ1) is 35.8. The van der Waals surface area contributed by atoms with Gasteiger partial charge < -0.3 is 9.45 Å². The molecule has 4 aromatic carbocycles. The number of thioether (sulfide) groups is 1. The second kappa shape index (κ2) is 15.6. The Labute approximate surface area is 321 Å². The molecule has 0 radical (unpaired) electrons. The van der Waals surface area contributed by atoms with E-state index in [0.29, 0.717) is 18.8 Å². The van der Waals surface area contributed by atoms with Gasteiger partial charge in [-0.05, 0) is 115 Å².